The lowest BCUT2D eigenvalue weighted by Gasteiger charge is -2.37. The maximum Gasteiger partial charge on any atom is 0.359 e. The molecule has 0 radical (unpaired) electrons. The lowest BCUT2D eigenvalue weighted by atomic mass is 9.92. The van der Waals surface area contributed by atoms with Gasteiger partial charge in [-0.25, -0.2) is 4.98 Å². The Kier molecular flexibility index (Phi) is 7.37. The number of fused-ring (bicyclic) bond motifs is 1. The van der Waals surface area contributed by atoms with Gasteiger partial charge in [-0.1, -0.05) is 13.8 Å². The predicted octanol–water partition coefficient (Wildman–Crippen LogP) is 1.76. The fourth-order valence-electron chi connectivity index (χ4n) is 3.75. The van der Waals surface area contributed by atoms with E-state index in [4.69, 9.17) is 9.26 Å². The van der Waals surface area contributed by atoms with Crippen LogP contribution in [-0.4, -0.2) is 64.4 Å². The number of ether oxygens (including phenoxy) is 1. The van der Waals surface area contributed by atoms with E-state index in [0.717, 1.165) is 0 Å². The molecule has 7 atom stereocenters. The van der Waals surface area contributed by atoms with Crippen LogP contribution in [0.25, 0.3) is 11.5 Å². The molecular weight excluding hydrogens is 472 g/mol. The minimum atomic E-state index is -4.49. The number of nitrogens with one attached hydrogen (secondary N) is 1. The fourth-order valence-corrected chi connectivity index (χ4v) is 5.15. The van der Waals surface area contributed by atoms with Crippen LogP contribution < -0.4 is 5.56 Å². The molecule has 5 N–H and O–H groups in total. The van der Waals surface area contributed by atoms with E-state index in [0.29, 0.717) is 0 Å². The van der Waals surface area contributed by atoms with Gasteiger partial charge in [0.2, 0.25) is 5.95 Å². The van der Waals surface area contributed by atoms with Crippen LogP contribution in [0, 0.1) is 12.9 Å². The third-order valence-corrected chi connectivity index (χ3v) is 8.72. The fraction of sp³-hybridized carbons (Fsp3) is 0.667. The first-order chi connectivity index (χ1) is 15.6. The summed E-state index contributed by atoms with van der Waals surface area (Å²) < 4.78 is 37.7. The number of aromatic nitrogens is 3. The van der Waals surface area contributed by atoms with Crippen LogP contribution in [0.5, 0.6) is 0 Å². The second-order valence-electron chi connectivity index (χ2n) is 9.15. The first kappa shape index (κ1) is 26.8. The summed E-state index contributed by atoms with van der Waals surface area (Å²) >= 11 is 0. The molecule has 13 heteroatoms. The molecule has 3 aliphatic heterocycles. The monoisotopic (exact) mass is 503 g/mol. The Morgan fingerprint density at radius 1 is 1.24 bits per heavy atom. The number of H-pyrrole nitrogens is 1. The SMILES string of the molecule is CCC(C)(C[C@H]1O[C@@H](c2cc3nc(C)c(F)[nH]c-3nc2=O)[C@@H](O)C1O)OP(=O)(O)C(C)(O)CC. The zero-order valence-corrected chi connectivity index (χ0v) is 20.5. The molecule has 1 saturated heterocycles. The van der Waals surface area contributed by atoms with E-state index in [1.165, 1.54) is 26.8 Å². The lowest BCUT2D eigenvalue weighted by Crippen LogP contribution is -2.40. The zero-order valence-electron chi connectivity index (χ0n) is 19.6. The van der Waals surface area contributed by atoms with Crippen molar-refractivity contribution in [1.82, 2.24) is 15.0 Å². The topological polar surface area (TPSA) is 175 Å². The zero-order chi connectivity index (χ0) is 25.6. The lowest BCUT2D eigenvalue weighted by molar-refractivity contribution is -0.0532. The molecule has 1 fully saturated rings. The number of aromatic amines is 1. The first-order valence-corrected chi connectivity index (χ1v) is 12.6. The molecule has 0 spiro atoms. The molecule has 11 nitrogen and oxygen atoms in total. The Balaban J connectivity index is 1.88. The molecule has 0 saturated carbocycles. The van der Waals surface area contributed by atoms with Crippen molar-refractivity contribution in [2.24, 2.45) is 0 Å². The van der Waals surface area contributed by atoms with Gasteiger partial charge in [0, 0.05) is 6.42 Å². The highest BCUT2D eigenvalue weighted by molar-refractivity contribution is 7.54. The summed E-state index contributed by atoms with van der Waals surface area (Å²) in [5, 5.41) is 29.6. The Morgan fingerprint density at radius 2 is 1.88 bits per heavy atom. The van der Waals surface area contributed by atoms with Crippen molar-refractivity contribution in [1.29, 1.82) is 0 Å². The number of aliphatic hydroxyl groups is 3. The van der Waals surface area contributed by atoms with Crippen molar-refractivity contribution >= 4 is 7.60 Å². The summed E-state index contributed by atoms with van der Waals surface area (Å²) in [5.74, 6) is -0.808. The van der Waals surface area contributed by atoms with Crippen LogP contribution in [-0.2, 0) is 13.8 Å². The summed E-state index contributed by atoms with van der Waals surface area (Å²) in [7, 11) is -4.49. The molecule has 190 valence electrons. The summed E-state index contributed by atoms with van der Waals surface area (Å²) in [4.78, 5) is 33.1. The normalized spacial score (nSPS) is 28.4. The molecule has 0 aromatic rings. The van der Waals surface area contributed by atoms with Gasteiger partial charge in [-0.15, -0.1) is 0 Å². The summed E-state index contributed by atoms with van der Waals surface area (Å²) in [5.41, 5.74) is -1.95. The minimum Gasteiger partial charge on any atom is -0.388 e. The van der Waals surface area contributed by atoms with Crippen LogP contribution in [0.15, 0.2) is 10.9 Å². The molecule has 3 rings (SSSR count). The summed E-state index contributed by atoms with van der Waals surface area (Å²) in [6.07, 6.45) is -5.22. The third kappa shape index (κ3) is 4.94. The van der Waals surface area contributed by atoms with E-state index < -0.39 is 54.5 Å². The number of halogens is 1. The summed E-state index contributed by atoms with van der Waals surface area (Å²) in [6.45, 7) is 7.40. The van der Waals surface area contributed by atoms with Gasteiger partial charge in [0.1, 0.15) is 24.0 Å². The van der Waals surface area contributed by atoms with Gasteiger partial charge >= 0.3 is 7.60 Å². The van der Waals surface area contributed by atoms with Crippen molar-refractivity contribution in [3.63, 3.8) is 0 Å². The average molecular weight is 503 g/mol. The van der Waals surface area contributed by atoms with Crippen LogP contribution in [0.1, 0.15) is 64.3 Å². The highest BCUT2D eigenvalue weighted by atomic mass is 31.2. The highest BCUT2D eigenvalue weighted by Crippen LogP contribution is 2.59. The first-order valence-electron chi connectivity index (χ1n) is 11.0. The Morgan fingerprint density at radius 3 is 2.47 bits per heavy atom. The van der Waals surface area contributed by atoms with Crippen molar-refractivity contribution in [3.05, 3.63) is 33.6 Å². The Labute approximate surface area is 195 Å². The second-order valence-corrected chi connectivity index (χ2v) is 11.3. The van der Waals surface area contributed by atoms with Gasteiger partial charge in [0.15, 0.2) is 11.2 Å². The van der Waals surface area contributed by atoms with Crippen molar-refractivity contribution in [3.8, 4) is 11.5 Å². The van der Waals surface area contributed by atoms with E-state index in [9.17, 15) is 34.0 Å². The Hall–Kier alpha value is -1.79. The Bertz CT molecular complexity index is 1130. The standard InChI is InChI=1S/C21H31FN3O8P/c1-6-20(4,33-34(30,31)21(5,29)7-2)9-13-14(26)15(27)16(32-13)11-8-12-18(25-19(11)28)24-17(22)10(3)23-12/h8,13-16,26-27,29H,6-7,9H2,1-5H3,(H,30,31)(H,24,25,28)/t13-,14?,15+,16+,20?,21?/m1/s1. The van der Waals surface area contributed by atoms with E-state index in [2.05, 4.69) is 15.0 Å². The van der Waals surface area contributed by atoms with Gasteiger partial charge in [-0.3, -0.25) is 9.36 Å². The van der Waals surface area contributed by atoms with Crippen molar-refractivity contribution < 1.29 is 38.4 Å². The molecular formula is C21H31FN3O8P. The van der Waals surface area contributed by atoms with Gasteiger partial charge in [-0.2, -0.15) is 9.37 Å². The maximum atomic E-state index is 13.7. The molecule has 3 aliphatic rings. The molecule has 34 heavy (non-hydrogen) atoms. The highest BCUT2D eigenvalue weighted by Gasteiger charge is 2.51. The molecule has 4 unspecified atom stereocenters. The number of aryl methyl sites for hydroxylation is 1. The average Bonchev–Trinajstić information content (AvgIpc) is 3.02. The largest absolute Gasteiger partial charge is 0.388 e. The number of pyridine rings is 1. The molecule has 0 aromatic carbocycles. The number of aliphatic hydroxyl groups excluding tert-OH is 2. The van der Waals surface area contributed by atoms with Gasteiger partial charge < -0.3 is 34.5 Å². The maximum absolute atomic E-state index is 13.7. The summed E-state index contributed by atoms with van der Waals surface area (Å²) in [6, 6.07) is 1.31. The van der Waals surface area contributed by atoms with Crippen molar-refractivity contribution in [2.45, 2.75) is 89.2 Å². The molecule has 0 bridgehead atoms. The van der Waals surface area contributed by atoms with Crippen LogP contribution in [0.4, 0.5) is 4.39 Å². The van der Waals surface area contributed by atoms with Gasteiger partial charge in [0.05, 0.1) is 23.0 Å². The van der Waals surface area contributed by atoms with Crippen LogP contribution in [0.2, 0.25) is 0 Å². The smallest absolute Gasteiger partial charge is 0.359 e. The van der Waals surface area contributed by atoms with Crippen LogP contribution >= 0.6 is 7.60 Å². The van der Waals surface area contributed by atoms with Crippen molar-refractivity contribution in [2.75, 3.05) is 0 Å². The van der Waals surface area contributed by atoms with Gasteiger partial charge in [0.25, 0.3) is 5.56 Å². The molecule has 3 heterocycles. The van der Waals surface area contributed by atoms with Gasteiger partial charge in [-0.05, 0) is 39.7 Å². The number of hydrogen-bond donors (Lipinski definition) is 5. The second kappa shape index (κ2) is 9.34. The van der Waals surface area contributed by atoms with E-state index in [-0.39, 0.29) is 42.0 Å². The number of hydrogen-bond acceptors (Lipinski definition) is 9. The predicted molar refractivity (Wildman–Crippen MR) is 119 cm³/mol. The van der Waals surface area contributed by atoms with E-state index in [1.807, 2.05) is 0 Å². The molecule has 0 aromatic heterocycles. The molecule has 0 aliphatic carbocycles. The van der Waals surface area contributed by atoms with E-state index >= 15 is 0 Å². The number of nitrogens with zero attached hydrogens (tertiary/aromatic N) is 2. The number of rotatable bonds is 8. The minimum absolute atomic E-state index is 0.0278. The quantitative estimate of drug-likeness (QED) is 0.334. The van der Waals surface area contributed by atoms with E-state index in [1.54, 1.807) is 13.8 Å². The third-order valence-electron chi connectivity index (χ3n) is 6.50. The molecule has 0 amide bonds. The van der Waals surface area contributed by atoms with Crippen LogP contribution in [0.3, 0.4) is 0 Å².